The van der Waals surface area contributed by atoms with Gasteiger partial charge in [0.25, 0.3) is 0 Å². The fraction of sp³-hybridized carbons (Fsp3) is 0.735. The fourth-order valence-electron chi connectivity index (χ4n) is 6.54. The number of rotatable bonds is 7. The maximum absolute atomic E-state index is 13.6. The summed E-state index contributed by atoms with van der Waals surface area (Å²) in [5.74, 6) is -10.2. The molecule has 2 aliphatic heterocycles. The van der Waals surface area contributed by atoms with Crippen LogP contribution in [0, 0.1) is 29.6 Å². The molecule has 14 nitrogen and oxygen atoms in total. The molecule has 0 radical (unpaired) electrons. The summed E-state index contributed by atoms with van der Waals surface area (Å²) in [5.41, 5.74) is -3.64. The van der Waals surface area contributed by atoms with Crippen LogP contribution in [0.1, 0.15) is 68.2 Å². The highest BCUT2D eigenvalue weighted by Gasteiger charge is 2.63. The molecule has 2 heterocycles. The number of methoxy groups -OCH3 is 1. The zero-order chi connectivity index (χ0) is 36.9. The lowest BCUT2D eigenvalue weighted by atomic mass is 9.77. The molecule has 0 aromatic rings. The molecular weight excluding hydrogens is 632 g/mol. The summed E-state index contributed by atoms with van der Waals surface area (Å²) in [5, 5.41) is 55.2. The molecule has 48 heavy (non-hydrogen) atoms. The van der Waals surface area contributed by atoms with Gasteiger partial charge in [0.2, 0.25) is 0 Å². The third kappa shape index (κ3) is 9.23. The molecule has 0 aliphatic carbocycles. The Morgan fingerprint density at radius 1 is 1.12 bits per heavy atom. The number of epoxide rings is 1. The van der Waals surface area contributed by atoms with Gasteiger partial charge in [-0.05, 0) is 32.8 Å². The number of aliphatic hydroxyl groups excluding tert-OH is 4. The minimum absolute atomic E-state index is 0.226. The number of aliphatic hydroxyl groups is 5. The van der Waals surface area contributed by atoms with E-state index in [-0.39, 0.29) is 5.92 Å². The Kier molecular flexibility index (Phi) is 14.4. The van der Waals surface area contributed by atoms with Gasteiger partial charge in [-0.1, -0.05) is 45.9 Å². The molecule has 13 atom stereocenters. The van der Waals surface area contributed by atoms with Gasteiger partial charge < -0.3 is 44.5 Å². The summed E-state index contributed by atoms with van der Waals surface area (Å²) in [6, 6.07) is 0. The fourth-order valence-corrected chi connectivity index (χ4v) is 6.54. The minimum atomic E-state index is -2.56. The first-order valence-electron chi connectivity index (χ1n) is 16.1. The summed E-state index contributed by atoms with van der Waals surface area (Å²) >= 11 is 0. The highest BCUT2D eigenvalue weighted by atomic mass is 16.6. The Labute approximate surface area is 281 Å². The Morgan fingerprint density at radius 2 is 1.73 bits per heavy atom. The van der Waals surface area contributed by atoms with Gasteiger partial charge >= 0.3 is 17.9 Å². The quantitative estimate of drug-likeness (QED) is 0.107. The molecule has 272 valence electrons. The van der Waals surface area contributed by atoms with Gasteiger partial charge in [0, 0.05) is 38.2 Å². The summed E-state index contributed by atoms with van der Waals surface area (Å²) in [7, 11) is 1.12. The second-order valence-corrected chi connectivity index (χ2v) is 13.4. The predicted molar refractivity (Wildman–Crippen MR) is 169 cm³/mol. The van der Waals surface area contributed by atoms with Gasteiger partial charge in [0.15, 0.2) is 6.10 Å². The number of esters is 3. The lowest BCUT2D eigenvalue weighted by Crippen LogP contribution is -2.53. The summed E-state index contributed by atoms with van der Waals surface area (Å²) in [6.45, 7) is 10.9. The average Bonchev–Trinajstić information content (AvgIpc) is 3.73. The maximum Gasteiger partial charge on any atom is 0.345 e. The first-order chi connectivity index (χ1) is 22.2. The third-order valence-corrected chi connectivity index (χ3v) is 9.63. The van der Waals surface area contributed by atoms with E-state index in [0.29, 0.717) is 5.57 Å². The molecule has 0 bridgehead atoms. The molecule has 1 saturated heterocycles. The van der Waals surface area contributed by atoms with E-state index in [1.54, 1.807) is 13.0 Å². The number of carbonyl (C=O) groups is 5. The highest BCUT2D eigenvalue weighted by Crippen LogP contribution is 2.48. The summed E-state index contributed by atoms with van der Waals surface area (Å²) in [6.07, 6.45) is -5.82. The number of ether oxygens (including phenoxy) is 4. The van der Waals surface area contributed by atoms with E-state index in [9.17, 15) is 49.5 Å². The van der Waals surface area contributed by atoms with Crippen molar-refractivity contribution in [2.75, 3.05) is 13.7 Å². The van der Waals surface area contributed by atoms with Crippen molar-refractivity contribution in [3.05, 3.63) is 23.8 Å². The number of allylic oxidation sites excluding steroid dienone is 2. The Balaban J connectivity index is 2.67. The molecule has 14 heteroatoms. The van der Waals surface area contributed by atoms with Crippen LogP contribution in [0.3, 0.4) is 0 Å². The zero-order valence-electron chi connectivity index (χ0n) is 29.1. The monoisotopic (exact) mass is 684 g/mol. The van der Waals surface area contributed by atoms with Gasteiger partial charge in [0.05, 0.1) is 36.8 Å². The zero-order valence-corrected chi connectivity index (χ0v) is 29.1. The smallest absolute Gasteiger partial charge is 0.345 e. The van der Waals surface area contributed by atoms with Crippen molar-refractivity contribution in [1.82, 2.24) is 0 Å². The van der Waals surface area contributed by atoms with Crippen molar-refractivity contribution in [3.8, 4) is 0 Å². The molecule has 0 saturated carbocycles. The van der Waals surface area contributed by atoms with Crippen LogP contribution in [-0.2, 0) is 42.9 Å². The van der Waals surface area contributed by atoms with Crippen molar-refractivity contribution in [3.63, 3.8) is 0 Å². The van der Waals surface area contributed by atoms with Crippen LogP contribution in [0.5, 0.6) is 0 Å². The lowest BCUT2D eigenvalue weighted by Gasteiger charge is -2.36. The van der Waals surface area contributed by atoms with Crippen LogP contribution in [0.2, 0.25) is 0 Å². The molecular formula is C34H52O14. The van der Waals surface area contributed by atoms with Crippen LogP contribution < -0.4 is 0 Å². The van der Waals surface area contributed by atoms with Crippen LogP contribution in [0.25, 0.3) is 0 Å². The maximum atomic E-state index is 13.6. The molecule has 2 aliphatic rings. The SMILES string of the molecule is C/C=C\[C@H](C)[C@H]1O[C@]1(C)[C@@H](O)[C@H]1C[C@](O)(CO)[C@@H](O)CC(=O)[C@@H](C)/C=C(\C)C(OC(C)=O)[C@@H](C)C(=O)[C@@H](C)C(OC)[C@@H](O)C(=O)OC1=O. The van der Waals surface area contributed by atoms with Crippen LogP contribution in [0.15, 0.2) is 23.8 Å². The summed E-state index contributed by atoms with van der Waals surface area (Å²) < 4.78 is 21.5. The molecule has 2 rings (SSSR count). The standard InChI is InChI=1S/C34H52O14/c1-10-11-16(2)30-33(8,48-30)29(41)22-14-34(44,15-35)24(38)13-23(37)17(3)12-18(4)27(46-21(7)36)19(5)25(39)20(6)28(45-9)26(40)32(43)47-31(22)42/h10-12,16-17,19-20,22,24,26-30,35,38,40-41,44H,13-15H2,1-9H3/b11-10-,18-12+/t16-,17-,19-,20+,22+,24-,26+,27?,28?,29-,30+,33+,34-/m0/s1. The molecule has 0 aromatic heterocycles. The first kappa shape index (κ1) is 41.3. The van der Waals surface area contributed by atoms with Crippen LogP contribution in [-0.4, -0.2) is 117 Å². The minimum Gasteiger partial charge on any atom is -0.457 e. The normalized spacial score (nSPS) is 40.3. The number of Topliss-reactive ketones (excluding diaryl/α,β-unsaturated/α-hetero) is 2. The molecule has 0 spiro atoms. The molecule has 5 N–H and O–H groups in total. The number of cyclic esters (lactones) is 2. The Bertz CT molecular complexity index is 1260. The molecule has 1 fully saturated rings. The van der Waals surface area contributed by atoms with E-state index in [0.717, 1.165) is 14.0 Å². The highest BCUT2D eigenvalue weighted by molar-refractivity contribution is 5.91. The van der Waals surface area contributed by atoms with E-state index in [4.69, 9.17) is 18.9 Å². The third-order valence-electron chi connectivity index (χ3n) is 9.63. The second-order valence-electron chi connectivity index (χ2n) is 13.4. The topological polar surface area (TPSA) is 227 Å². The second kappa shape index (κ2) is 16.7. The predicted octanol–water partition coefficient (Wildman–Crippen LogP) is 0.582. The van der Waals surface area contributed by atoms with Gasteiger partial charge in [-0.15, -0.1) is 0 Å². The largest absolute Gasteiger partial charge is 0.457 e. The number of ketones is 2. The van der Waals surface area contributed by atoms with Gasteiger partial charge in [-0.2, -0.15) is 0 Å². The lowest BCUT2D eigenvalue weighted by molar-refractivity contribution is -0.182. The number of carbonyl (C=O) groups excluding carboxylic acids is 5. The van der Waals surface area contributed by atoms with Crippen molar-refractivity contribution >= 4 is 29.5 Å². The Hall–Kier alpha value is -2.85. The van der Waals surface area contributed by atoms with Gasteiger partial charge in [0.1, 0.15) is 35.0 Å². The summed E-state index contributed by atoms with van der Waals surface area (Å²) in [4.78, 5) is 65.6. The first-order valence-corrected chi connectivity index (χ1v) is 16.1. The van der Waals surface area contributed by atoms with Crippen LogP contribution in [0.4, 0.5) is 0 Å². The van der Waals surface area contributed by atoms with Gasteiger partial charge in [-0.25, -0.2) is 4.79 Å². The van der Waals surface area contributed by atoms with Crippen molar-refractivity contribution in [1.29, 1.82) is 0 Å². The van der Waals surface area contributed by atoms with Crippen LogP contribution >= 0.6 is 0 Å². The van der Waals surface area contributed by atoms with Gasteiger partial charge in [-0.3, -0.25) is 19.2 Å². The number of hydrogen-bond donors (Lipinski definition) is 5. The van der Waals surface area contributed by atoms with Crippen molar-refractivity contribution in [2.45, 2.75) is 116 Å². The van der Waals surface area contributed by atoms with E-state index >= 15 is 0 Å². The van der Waals surface area contributed by atoms with E-state index in [1.165, 1.54) is 40.7 Å². The van der Waals surface area contributed by atoms with Crippen molar-refractivity contribution < 1.29 is 68.5 Å². The number of hydrogen-bond acceptors (Lipinski definition) is 14. The van der Waals surface area contributed by atoms with E-state index in [1.807, 2.05) is 13.0 Å². The Morgan fingerprint density at radius 3 is 2.25 bits per heavy atom. The molecule has 0 aromatic carbocycles. The van der Waals surface area contributed by atoms with E-state index < -0.39 is 120 Å². The average molecular weight is 685 g/mol. The van der Waals surface area contributed by atoms with Crippen molar-refractivity contribution in [2.24, 2.45) is 29.6 Å². The molecule has 0 amide bonds. The molecule has 2 unspecified atom stereocenters. The van der Waals surface area contributed by atoms with E-state index in [2.05, 4.69) is 0 Å².